The fraction of sp³-hybridized carbons (Fsp3) is 0.0714. The Balaban J connectivity index is 2.03. The highest BCUT2D eigenvalue weighted by molar-refractivity contribution is 14.1. The van der Waals surface area contributed by atoms with Crippen molar-refractivity contribution < 1.29 is 5.11 Å². The minimum Gasteiger partial charge on any atom is -0.384 e. The quantitative estimate of drug-likeness (QED) is 0.695. The molecule has 0 bridgehead atoms. The molecule has 1 atom stereocenters. The van der Waals surface area contributed by atoms with E-state index in [9.17, 15) is 5.11 Å². The zero-order valence-corrected chi connectivity index (χ0v) is 12.4. The molecule has 0 fully saturated rings. The number of pyridine rings is 1. The van der Waals surface area contributed by atoms with Crippen LogP contribution in [0.1, 0.15) is 17.2 Å². The summed E-state index contributed by atoms with van der Waals surface area (Å²) in [4.78, 5) is 4.28. The van der Waals surface area contributed by atoms with Crippen molar-refractivity contribution in [2.45, 2.75) is 6.10 Å². The van der Waals surface area contributed by atoms with Gasteiger partial charge in [0.1, 0.15) is 6.10 Å². The maximum Gasteiger partial charge on any atom is 0.105 e. The van der Waals surface area contributed by atoms with Crippen molar-refractivity contribution in [3.05, 3.63) is 62.0 Å². The van der Waals surface area contributed by atoms with Crippen LogP contribution in [0.2, 0.25) is 0 Å². The van der Waals surface area contributed by atoms with Gasteiger partial charge in [-0.05, 0) is 63.4 Å². The molecule has 0 aliphatic carbocycles. The van der Waals surface area contributed by atoms with Crippen molar-refractivity contribution >= 4 is 44.8 Å². The topological polar surface area (TPSA) is 33.1 Å². The number of hydrogen-bond donors (Lipinski definition) is 1. The molecule has 0 aliphatic rings. The van der Waals surface area contributed by atoms with Gasteiger partial charge in [-0.1, -0.05) is 12.1 Å². The molecule has 3 aromatic rings. The van der Waals surface area contributed by atoms with Crippen LogP contribution < -0.4 is 0 Å². The minimum atomic E-state index is -0.561. The molecule has 0 radical (unpaired) electrons. The van der Waals surface area contributed by atoms with E-state index in [4.69, 9.17) is 0 Å². The summed E-state index contributed by atoms with van der Waals surface area (Å²) in [6.07, 6.45) is 1.22. The van der Waals surface area contributed by atoms with Gasteiger partial charge >= 0.3 is 0 Å². The van der Waals surface area contributed by atoms with Crippen LogP contribution in [0, 0.1) is 2.88 Å². The Morgan fingerprint density at radius 1 is 1.17 bits per heavy atom. The van der Waals surface area contributed by atoms with Crippen LogP contribution in [0.15, 0.2) is 48.0 Å². The molecule has 18 heavy (non-hydrogen) atoms. The van der Waals surface area contributed by atoms with E-state index in [0.29, 0.717) is 0 Å². The number of benzene rings is 1. The molecule has 90 valence electrons. The average molecular weight is 367 g/mol. The lowest BCUT2D eigenvalue weighted by atomic mass is 10.0. The summed E-state index contributed by atoms with van der Waals surface area (Å²) >= 11 is 3.91. The predicted octanol–water partition coefficient (Wildman–Crippen LogP) is 3.98. The van der Waals surface area contributed by atoms with E-state index in [2.05, 4.69) is 27.6 Å². The molecule has 1 unspecified atom stereocenters. The van der Waals surface area contributed by atoms with Gasteiger partial charge in [-0.15, -0.1) is 11.3 Å². The zero-order valence-electron chi connectivity index (χ0n) is 9.38. The Labute approximate surface area is 122 Å². The molecule has 0 spiro atoms. The number of fused-ring (bicyclic) bond motifs is 1. The van der Waals surface area contributed by atoms with Gasteiger partial charge in [-0.25, -0.2) is 0 Å². The third-order valence-corrected chi connectivity index (χ3v) is 4.65. The van der Waals surface area contributed by atoms with E-state index >= 15 is 0 Å². The monoisotopic (exact) mass is 367 g/mol. The molecule has 4 heteroatoms. The van der Waals surface area contributed by atoms with Gasteiger partial charge in [-0.3, -0.25) is 4.98 Å². The van der Waals surface area contributed by atoms with E-state index in [-0.39, 0.29) is 0 Å². The number of rotatable bonds is 2. The molecule has 3 rings (SSSR count). The Morgan fingerprint density at radius 2 is 2.06 bits per heavy atom. The Morgan fingerprint density at radius 3 is 2.83 bits per heavy atom. The molecule has 2 nitrogen and oxygen atoms in total. The number of aliphatic hydroxyl groups is 1. The average Bonchev–Trinajstić information content (AvgIpc) is 2.84. The second kappa shape index (κ2) is 4.95. The third-order valence-electron chi connectivity index (χ3n) is 2.85. The second-order valence-corrected chi connectivity index (χ2v) is 6.85. The third kappa shape index (κ3) is 2.28. The lowest BCUT2D eigenvalue weighted by Gasteiger charge is -2.10. The summed E-state index contributed by atoms with van der Waals surface area (Å²) in [5.41, 5.74) is 2.81. The van der Waals surface area contributed by atoms with Crippen LogP contribution in [-0.4, -0.2) is 10.1 Å². The fourth-order valence-electron chi connectivity index (χ4n) is 1.92. The van der Waals surface area contributed by atoms with Gasteiger partial charge in [0.15, 0.2) is 0 Å². The number of nitrogens with zero attached hydrogens (tertiary/aromatic N) is 1. The van der Waals surface area contributed by atoms with Crippen LogP contribution >= 0.6 is 33.9 Å². The SMILES string of the molecule is OC(c1csc(I)c1)c1ccc2ncccc2c1. The smallest absolute Gasteiger partial charge is 0.105 e. The van der Waals surface area contributed by atoms with Crippen LogP contribution in [0.4, 0.5) is 0 Å². The van der Waals surface area contributed by atoms with Crippen LogP contribution in [0.25, 0.3) is 10.9 Å². The predicted molar refractivity (Wildman–Crippen MR) is 82.8 cm³/mol. The molecule has 0 saturated carbocycles. The lowest BCUT2D eigenvalue weighted by Crippen LogP contribution is -1.97. The van der Waals surface area contributed by atoms with Crippen LogP contribution in [0.3, 0.4) is 0 Å². The van der Waals surface area contributed by atoms with Crippen molar-refractivity contribution in [2.75, 3.05) is 0 Å². The van der Waals surface area contributed by atoms with Crippen LogP contribution in [-0.2, 0) is 0 Å². The normalized spacial score (nSPS) is 12.8. The first-order valence-corrected chi connectivity index (χ1v) is 7.46. The summed E-state index contributed by atoms with van der Waals surface area (Å²) in [5.74, 6) is 0. The molecule has 1 N–H and O–H groups in total. The number of hydrogen-bond acceptors (Lipinski definition) is 3. The number of halogens is 1. The van der Waals surface area contributed by atoms with E-state index in [0.717, 1.165) is 22.0 Å². The van der Waals surface area contributed by atoms with Crippen LogP contribution in [0.5, 0.6) is 0 Å². The molecule has 0 amide bonds. The molecule has 2 heterocycles. The largest absolute Gasteiger partial charge is 0.384 e. The summed E-state index contributed by atoms with van der Waals surface area (Å²) in [5, 5.41) is 13.4. The fourth-order valence-corrected chi connectivity index (χ4v) is 3.31. The maximum absolute atomic E-state index is 10.3. The molecule has 2 aromatic heterocycles. The van der Waals surface area contributed by atoms with Gasteiger partial charge in [0, 0.05) is 11.6 Å². The standard InChI is InChI=1S/C14H10INOS/c15-13-7-11(8-18-13)14(17)10-3-4-12-9(6-10)2-1-5-16-12/h1-8,14,17H. The van der Waals surface area contributed by atoms with E-state index < -0.39 is 6.10 Å². The number of aliphatic hydroxyl groups excluding tert-OH is 1. The molecule has 1 aromatic carbocycles. The van der Waals surface area contributed by atoms with Crippen molar-refractivity contribution in [1.29, 1.82) is 0 Å². The number of aromatic nitrogens is 1. The van der Waals surface area contributed by atoms with Gasteiger partial charge < -0.3 is 5.11 Å². The van der Waals surface area contributed by atoms with Gasteiger partial charge in [-0.2, -0.15) is 0 Å². The van der Waals surface area contributed by atoms with Crippen molar-refractivity contribution in [2.24, 2.45) is 0 Å². The van der Waals surface area contributed by atoms with Gasteiger partial charge in [0.2, 0.25) is 0 Å². The Bertz CT molecular complexity index is 695. The highest BCUT2D eigenvalue weighted by atomic mass is 127. The highest BCUT2D eigenvalue weighted by Crippen LogP contribution is 2.28. The van der Waals surface area contributed by atoms with Gasteiger partial charge in [0.25, 0.3) is 0 Å². The minimum absolute atomic E-state index is 0.561. The summed E-state index contributed by atoms with van der Waals surface area (Å²) in [7, 11) is 0. The summed E-state index contributed by atoms with van der Waals surface area (Å²) < 4.78 is 1.18. The summed E-state index contributed by atoms with van der Waals surface area (Å²) in [6, 6.07) is 11.8. The van der Waals surface area contributed by atoms with E-state index in [1.165, 1.54) is 2.88 Å². The second-order valence-electron chi connectivity index (χ2n) is 4.04. The highest BCUT2D eigenvalue weighted by Gasteiger charge is 2.12. The van der Waals surface area contributed by atoms with Crippen molar-refractivity contribution in [1.82, 2.24) is 4.98 Å². The first-order valence-electron chi connectivity index (χ1n) is 5.51. The maximum atomic E-state index is 10.3. The van der Waals surface area contributed by atoms with E-state index in [1.807, 2.05) is 41.8 Å². The Hall–Kier alpha value is -0.980. The van der Waals surface area contributed by atoms with Crippen molar-refractivity contribution in [3.63, 3.8) is 0 Å². The lowest BCUT2D eigenvalue weighted by molar-refractivity contribution is 0.221. The van der Waals surface area contributed by atoms with Gasteiger partial charge in [0.05, 0.1) is 8.40 Å². The number of thiophene rings is 1. The summed E-state index contributed by atoms with van der Waals surface area (Å²) in [6.45, 7) is 0. The van der Waals surface area contributed by atoms with E-state index in [1.54, 1.807) is 17.5 Å². The van der Waals surface area contributed by atoms with Crippen molar-refractivity contribution in [3.8, 4) is 0 Å². The Kier molecular flexibility index (Phi) is 3.32. The molecule has 0 aliphatic heterocycles. The first kappa shape index (κ1) is 12.1. The first-order chi connectivity index (χ1) is 8.74. The zero-order chi connectivity index (χ0) is 12.5. The molecule has 0 saturated heterocycles. The molecular weight excluding hydrogens is 357 g/mol. The molecular formula is C14H10INOS.